The number of hydrogen-bond acceptors (Lipinski definition) is 5. The molecule has 2 aromatic carbocycles. The molecule has 144 valence electrons. The quantitative estimate of drug-likeness (QED) is 0.824. The Hall–Kier alpha value is -1.73. The van der Waals surface area contributed by atoms with E-state index in [2.05, 4.69) is 0 Å². The van der Waals surface area contributed by atoms with Gasteiger partial charge in [-0.25, -0.2) is 0 Å². The molecule has 1 heterocycles. The number of thioether (sulfide) groups is 1. The number of likely N-dealkylation sites (N-methyl/N-ethyl adjacent to an activating group) is 1. The second-order valence-electron chi connectivity index (χ2n) is 6.64. The maximum Gasteiger partial charge on any atom is 0.257 e. The zero-order chi connectivity index (χ0) is 19.6. The van der Waals surface area contributed by atoms with Gasteiger partial charge in [0.2, 0.25) is 0 Å². The van der Waals surface area contributed by atoms with Gasteiger partial charge in [0.1, 0.15) is 11.9 Å². The standard InChI is InChI=1S/C20H23ClN2O3S/c1-22(2)11-12-23-17-15(21)5-4-6-16(17)27-19(18(24)20(23)25)13-7-9-14(26-3)10-8-13/h4-10,18-19,24H,11-12H2,1-3H3/t18?,19-/m0/s1. The van der Waals surface area contributed by atoms with Crippen LogP contribution in [0.3, 0.4) is 0 Å². The summed E-state index contributed by atoms with van der Waals surface area (Å²) in [5.74, 6) is 0.395. The van der Waals surface area contributed by atoms with Gasteiger partial charge in [0.25, 0.3) is 5.91 Å². The van der Waals surface area contributed by atoms with Crippen LogP contribution in [0.1, 0.15) is 10.8 Å². The molecule has 2 atom stereocenters. The molecular weight excluding hydrogens is 384 g/mol. The number of carbonyl (C=O) groups is 1. The summed E-state index contributed by atoms with van der Waals surface area (Å²) < 4.78 is 5.21. The zero-order valence-corrected chi connectivity index (χ0v) is 17.1. The van der Waals surface area contributed by atoms with Gasteiger partial charge in [-0.05, 0) is 43.9 Å². The van der Waals surface area contributed by atoms with E-state index >= 15 is 0 Å². The van der Waals surface area contributed by atoms with E-state index in [0.717, 1.165) is 16.2 Å². The maximum atomic E-state index is 13.1. The lowest BCUT2D eigenvalue weighted by Gasteiger charge is -2.27. The van der Waals surface area contributed by atoms with Crippen LogP contribution in [0.2, 0.25) is 5.02 Å². The predicted octanol–water partition coefficient (Wildman–Crippen LogP) is 3.45. The minimum atomic E-state index is -1.17. The van der Waals surface area contributed by atoms with Crippen molar-refractivity contribution in [1.82, 2.24) is 4.90 Å². The minimum Gasteiger partial charge on any atom is -0.497 e. The Labute approximate surface area is 168 Å². The van der Waals surface area contributed by atoms with E-state index in [0.29, 0.717) is 23.8 Å². The molecule has 0 saturated heterocycles. The van der Waals surface area contributed by atoms with Crippen molar-refractivity contribution in [3.63, 3.8) is 0 Å². The number of aliphatic hydroxyl groups is 1. The Balaban J connectivity index is 2.02. The van der Waals surface area contributed by atoms with Crippen LogP contribution in [0.4, 0.5) is 5.69 Å². The van der Waals surface area contributed by atoms with Crippen molar-refractivity contribution in [1.29, 1.82) is 0 Å². The van der Waals surface area contributed by atoms with Gasteiger partial charge < -0.3 is 19.6 Å². The average molecular weight is 407 g/mol. The summed E-state index contributed by atoms with van der Waals surface area (Å²) >= 11 is 7.91. The van der Waals surface area contributed by atoms with Crippen LogP contribution < -0.4 is 9.64 Å². The summed E-state index contributed by atoms with van der Waals surface area (Å²) in [5, 5.41) is 11.0. The van der Waals surface area contributed by atoms with Crippen LogP contribution in [-0.2, 0) is 4.79 Å². The molecule has 0 radical (unpaired) electrons. The minimum absolute atomic E-state index is 0.336. The summed E-state index contributed by atoms with van der Waals surface area (Å²) in [4.78, 5) is 17.6. The Morgan fingerprint density at radius 2 is 1.93 bits per heavy atom. The van der Waals surface area contributed by atoms with Gasteiger partial charge >= 0.3 is 0 Å². The lowest BCUT2D eigenvalue weighted by molar-refractivity contribution is -0.126. The summed E-state index contributed by atoms with van der Waals surface area (Å²) in [5.41, 5.74) is 1.54. The Morgan fingerprint density at radius 1 is 1.22 bits per heavy atom. The van der Waals surface area contributed by atoms with Crippen LogP contribution in [0, 0.1) is 0 Å². The molecule has 27 heavy (non-hydrogen) atoms. The number of fused-ring (bicyclic) bond motifs is 1. The zero-order valence-electron chi connectivity index (χ0n) is 15.6. The first kappa shape index (κ1) is 20.0. The largest absolute Gasteiger partial charge is 0.497 e. The molecule has 0 fully saturated rings. The van der Waals surface area contributed by atoms with E-state index < -0.39 is 11.4 Å². The summed E-state index contributed by atoms with van der Waals surface area (Å²) in [7, 11) is 5.50. The van der Waals surface area contributed by atoms with E-state index in [4.69, 9.17) is 16.3 Å². The predicted molar refractivity (Wildman–Crippen MR) is 110 cm³/mol. The van der Waals surface area contributed by atoms with E-state index in [1.165, 1.54) is 11.8 Å². The van der Waals surface area contributed by atoms with E-state index in [1.807, 2.05) is 55.4 Å². The van der Waals surface area contributed by atoms with Crippen molar-refractivity contribution in [2.75, 3.05) is 39.2 Å². The summed E-state index contributed by atoms with van der Waals surface area (Å²) in [6, 6.07) is 13.0. The van der Waals surface area contributed by atoms with Crippen LogP contribution in [-0.4, -0.2) is 56.3 Å². The Morgan fingerprint density at radius 3 is 2.56 bits per heavy atom. The molecule has 7 heteroatoms. The van der Waals surface area contributed by atoms with Gasteiger partial charge in [-0.3, -0.25) is 4.79 Å². The number of hydrogen-bond donors (Lipinski definition) is 1. The van der Waals surface area contributed by atoms with E-state index in [1.54, 1.807) is 18.1 Å². The first-order valence-electron chi connectivity index (χ1n) is 8.65. The van der Waals surface area contributed by atoms with Crippen molar-refractivity contribution < 1.29 is 14.6 Å². The molecule has 1 N–H and O–H groups in total. The van der Waals surface area contributed by atoms with Crippen LogP contribution in [0.15, 0.2) is 47.4 Å². The number of anilines is 1. The Bertz CT molecular complexity index is 813. The molecule has 5 nitrogen and oxygen atoms in total. The van der Waals surface area contributed by atoms with Gasteiger partial charge in [0.05, 0.1) is 23.1 Å². The molecule has 1 aliphatic heterocycles. The fraction of sp³-hybridized carbons (Fsp3) is 0.350. The molecule has 2 aromatic rings. The molecule has 1 aliphatic rings. The highest BCUT2D eigenvalue weighted by Crippen LogP contribution is 2.48. The second kappa shape index (κ2) is 8.52. The molecule has 0 aliphatic carbocycles. The molecule has 1 unspecified atom stereocenters. The second-order valence-corrected chi connectivity index (χ2v) is 8.23. The third kappa shape index (κ3) is 4.24. The first-order chi connectivity index (χ1) is 12.9. The van der Waals surface area contributed by atoms with Gasteiger partial charge in [-0.2, -0.15) is 0 Å². The fourth-order valence-corrected chi connectivity index (χ4v) is 4.65. The van der Waals surface area contributed by atoms with E-state index in [9.17, 15) is 9.90 Å². The number of amides is 1. The van der Waals surface area contributed by atoms with Crippen LogP contribution >= 0.6 is 23.4 Å². The highest BCUT2D eigenvalue weighted by atomic mass is 35.5. The van der Waals surface area contributed by atoms with Gasteiger partial charge in [-0.1, -0.05) is 29.8 Å². The topological polar surface area (TPSA) is 53.0 Å². The highest BCUT2D eigenvalue weighted by molar-refractivity contribution is 7.99. The molecular formula is C20H23ClN2O3S. The van der Waals surface area contributed by atoms with Crippen LogP contribution in [0.25, 0.3) is 0 Å². The number of methoxy groups -OCH3 is 1. The smallest absolute Gasteiger partial charge is 0.257 e. The lowest BCUT2D eigenvalue weighted by atomic mass is 10.1. The molecule has 0 spiro atoms. The molecule has 0 saturated carbocycles. The maximum absolute atomic E-state index is 13.1. The number of aliphatic hydroxyl groups excluding tert-OH is 1. The van der Waals surface area contributed by atoms with E-state index in [-0.39, 0.29) is 5.91 Å². The van der Waals surface area contributed by atoms with Crippen molar-refractivity contribution in [2.24, 2.45) is 0 Å². The Kier molecular flexibility index (Phi) is 6.32. The summed E-state index contributed by atoms with van der Waals surface area (Å²) in [6.07, 6.45) is -1.17. The number of rotatable bonds is 5. The van der Waals surface area contributed by atoms with Crippen molar-refractivity contribution >= 4 is 35.0 Å². The van der Waals surface area contributed by atoms with Crippen molar-refractivity contribution in [2.45, 2.75) is 16.2 Å². The van der Waals surface area contributed by atoms with Gasteiger partial charge in [0, 0.05) is 18.0 Å². The normalized spacial score (nSPS) is 19.8. The van der Waals surface area contributed by atoms with Gasteiger partial charge in [0.15, 0.2) is 0 Å². The third-order valence-electron chi connectivity index (χ3n) is 4.49. The number of nitrogens with zero attached hydrogens (tertiary/aromatic N) is 2. The number of carbonyl (C=O) groups excluding carboxylic acids is 1. The highest BCUT2D eigenvalue weighted by Gasteiger charge is 2.38. The van der Waals surface area contributed by atoms with Crippen LogP contribution in [0.5, 0.6) is 5.75 Å². The average Bonchev–Trinajstić information content (AvgIpc) is 2.76. The molecule has 1 amide bonds. The first-order valence-corrected chi connectivity index (χ1v) is 9.91. The van der Waals surface area contributed by atoms with Crippen molar-refractivity contribution in [3.8, 4) is 5.75 Å². The fourth-order valence-electron chi connectivity index (χ4n) is 3.02. The molecule has 0 bridgehead atoms. The number of para-hydroxylation sites is 1. The molecule has 3 rings (SSSR count). The number of halogens is 1. The third-order valence-corrected chi connectivity index (χ3v) is 6.17. The number of ether oxygens (including phenoxy) is 1. The van der Waals surface area contributed by atoms with Crippen molar-refractivity contribution in [3.05, 3.63) is 53.1 Å². The molecule has 0 aromatic heterocycles. The SMILES string of the molecule is COc1ccc([C@@H]2Sc3cccc(Cl)c3N(CCN(C)C)C(=O)C2O)cc1. The monoisotopic (exact) mass is 406 g/mol. The summed E-state index contributed by atoms with van der Waals surface area (Å²) in [6.45, 7) is 1.12. The number of benzene rings is 2. The van der Waals surface area contributed by atoms with Gasteiger partial charge in [-0.15, -0.1) is 11.8 Å². The lowest BCUT2D eigenvalue weighted by Crippen LogP contribution is -2.43.